The van der Waals surface area contributed by atoms with Crippen molar-refractivity contribution < 1.29 is 33.7 Å². The van der Waals surface area contributed by atoms with Gasteiger partial charge in [-0.3, -0.25) is 4.79 Å². The molecule has 2 aromatic carbocycles. The van der Waals surface area contributed by atoms with E-state index in [9.17, 15) is 19.1 Å². The Morgan fingerprint density at radius 2 is 1.80 bits per heavy atom. The van der Waals surface area contributed by atoms with Crippen molar-refractivity contribution in [3.63, 3.8) is 0 Å². The van der Waals surface area contributed by atoms with E-state index in [0.717, 1.165) is 12.1 Å². The van der Waals surface area contributed by atoms with E-state index in [2.05, 4.69) is 0 Å². The lowest BCUT2D eigenvalue weighted by Gasteiger charge is -2.20. The Bertz CT molecular complexity index is 945. The van der Waals surface area contributed by atoms with Crippen LogP contribution in [0.4, 0.5) is 4.39 Å². The molecular formula is C23H27FO6. The number of rotatable bonds is 8. The number of phenolic OH excluding ortho intramolecular Hbond substituents is 1. The molecule has 7 heteroatoms. The molecule has 6 nitrogen and oxygen atoms in total. The number of aromatic hydroxyl groups is 1. The number of aromatic carboxylic acids is 1. The molecule has 0 saturated carbocycles. The summed E-state index contributed by atoms with van der Waals surface area (Å²) in [5, 5.41) is 19.4. The van der Waals surface area contributed by atoms with Crippen LogP contribution in [0.25, 0.3) is 0 Å². The molecule has 0 aliphatic rings. The van der Waals surface area contributed by atoms with Gasteiger partial charge in [0.25, 0.3) is 0 Å². The van der Waals surface area contributed by atoms with Gasteiger partial charge in [-0.05, 0) is 49.6 Å². The second kappa shape index (κ2) is 9.15. The molecule has 2 aromatic rings. The Hall–Kier alpha value is -3.09. The van der Waals surface area contributed by atoms with Gasteiger partial charge in [0.2, 0.25) is 0 Å². The van der Waals surface area contributed by atoms with Crippen LogP contribution in [0.3, 0.4) is 0 Å². The third kappa shape index (κ3) is 5.95. The first-order valence-corrected chi connectivity index (χ1v) is 9.57. The maximum absolute atomic E-state index is 13.5. The van der Waals surface area contributed by atoms with Crippen LogP contribution in [0.15, 0.2) is 30.3 Å². The smallest absolute Gasteiger partial charge is 0.338 e. The van der Waals surface area contributed by atoms with Crippen LogP contribution in [-0.4, -0.2) is 34.7 Å². The standard InChI is InChI=1S/C23H27FO6/c1-13(12-29-15-6-8-18(24)17(10-15)22(27)28)30-20-9-7-16(21(26)14(20)2)19(25)11-23(3,4)5/h6-10,13,26H,11-12H2,1-5H3,(H,27,28)/t13-/m1/s1. The Kier molecular flexibility index (Phi) is 7.08. The molecule has 30 heavy (non-hydrogen) atoms. The summed E-state index contributed by atoms with van der Waals surface area (Å²) in [6.45, 7) is 9.31. The highest BCUT2D eigenvalue weighted by Crippen LogP contribution is 2.33. The maximum Gasteiger partial charge on any atom is 0.338 e. The highest BCUT2D eigenvalue weighted by Gasteiger charge is 2.22. The fourth-order valence-corrected chi connectivity index (χ4v) is 2.83. The molecule has 1 atom stereocenters. The molecule has 0 spiro atoms. The highest BCUT2D eigenvalue weighted by atomic mass is 19.1. The molecule has 0 aromatic heterocycles. The number of carboxylic acids is 1. The average Bonchev–Trinajstić information content (AvgIpc) is 2.63. The molecule has 0 heterocycles. The number of carboxylic acid groups (broad SMARTS) is 1. The number of phenols is 1. The van der Waals surface area contributed by atoms with Crippen molar-refractivity contribution in [3.05, 3.63) is 52.8 Å². The molecule has 2 N–H and O–H groups in total. The van der Waals surface area contributed by atoms with Crippen LogP contribution in [0.1, 0.15) is 60.4 Å². The van der Waals surface area contributed by atoms with E-state index in [1.165, 1.54) is 6.07 Å². The van der Waals surface area contributed by atoms with E-state index in [1.807, 2.05) is 20.8 Å². The summed E-state index contributed by atoms with van der Waals surface area (Å²) in [7, 11) is 0. The zero-order valence-corrected chi connectivity index (χ0v) is 17.8. The van der Waals surface area contributed by atoms with Crippen molar-refractivity contribution in [1.29, 1.82) is 0 Å². The average molecular weight is 418 g/mol. The predicted molar refractivity (Wildman–Crippen MR) is 110 cm³/mol. The zero-order chi connectivity index (χ0) is 22.6. The molecule has 0 fully saturated rings. The number of carbonyl (C=O) groups is 2. The van der Waals surface area contributed by atoms with Gasteiger partial charge in [0.15, 0.2) is 5.78 Å². The number of Topliss-reactive ketones (excluding diaryl/α,β-unsaturated/α-hetero) is 1. The first kappa shape index (κ1) is 23.2. The predicted octanol–water partition coefficient (Wildman–Crippen LogP) is 5.00. The third-order valence-corrected chi connectivity index (χ3v) is 4.35. The van der Waals surface area contributed by atoms with Crippen LogP contribution in [-0.2, 0) is 0 Å². The van der Waals surface area contributed by atoms with Gasteiger partial charge in [-0.15, -0.1) is 0 Å². The van der Waals surface area contributed by atoms with Gasteiger partial charge < -0.3 is 19.7 Å². The first-order valence-electron chi connectivity index (χ1n) is 9.57. The van der Waals surface area contributed by atoms with Gasteiger partial charge in [0.05, 0.1) is 11.1 Å². The van der Waals surface area contributed by atoms with E-state index in [0.29, 0.717) is 17.7 Å². The zero-order valence-electron chi connectivity index (χ0n) is 17.8. The summed E-state index contributed by atoms with van der Waals surface area (Å²) < 4.78 is 24.8. The minimum Gasteiger partial charge on any atom is -0.507 e. The van der Waals surface area contributed by atoms with Crippen molar-refractivity contribution in [3.8, 4) is 17.2 Å². The third-order valence-electron chi connectivity index (χ3n) is 4.35. The molecule has 0 radical (unpaired) electrons. The minimum absolute atomic E-state index is 0.0651. The van der Waals surface area contributed by atoms with Crippen molar-refractivity contribution >= 4 is 11.8 Å². The van der Waals surface area contributed by atoms with Crippen molar-refractivity contribution in [1.82, 2.24) is 0 Å². The minimum atomic E-state index is -1.38. The fourth-order valence-electron chi connectivity index (χ4n) is 2.83. The number of carbonyl (C=O) groups excluding carboxylic acids is 1. The number of hydrogen-bond acceptors (Lipinski definition) is 5. The molecule has 2 rings (SSSR count). The molecule has 0 unspecified atom stereocenters. The molecule has 162 valence electrons. The van der Waals surface area contributed by atoms with Gasteiger partial charge in [-0.2, -0.15) is 0 Å². The summed E-state index contributed by atoms with van der Waals surface area (Å²) in [5.74, 6) is -1.87. The number of hydrogen-bond donors (Lipinski definition) is 2. The lowest BCUT2D eigenvalue weighted by molar-refractivity contribution is 0.0690. The molecule has 0 aliphatic carbocycles. The summed E-state index contributed by atoms with van der Waals surface area (Å²) in [4.78, 5) is 23.4. The van der Waals surface area contributed by atoms with E-state index in [1.54, 1.807) is 26.0 Å². The largest absolute Gasteiger partial charge is 0.507 e. The van der Waals surface area contributed by atoms with E-state index < -0.39 is 23.5 Å². The Balaban J connectivity index is 2.06. The van der Waals surface area contributed by atoms with Gasteiger partial charge in [0.1, 0.15) is 35.8 Å². The molecule has 0 amide bonds. The van der Waals surface area contributed by atoms with Gasteiger partial charge in [-0.1, -0.05) is 20.8 Å². The molecular weight excluding hydrogens is 391 g/mol. The topological polar surface area (TPSA) is 93.1 Å². The Morgan fingerprint density at radius 1 is 1.13 bits per heavy atom. The van der Waals surface area contributed by atoms with E-state index in [4.69, 9.17) is 14.6 Å². The quantitative estimate of drug-likeness (QED) is 0.586. The Labute approximate surface area is 175 Å². The molecule has 0 aliphatic heterocycles. The SMILES string of the molecule is Cc1c(O[C@H](C)COc2ccc(F)c(C(=O)O)c2)ccc(C(=O)CC(C)(C)C)c1O. The van der Waals surface area contributed by atoms with Gasteiger partial charge in [-0.25, -0.2) is 9.18 Å². The lowest BCUT2D eigenvalue weighted by Crippen LogP contribution is -2.22. The Morgan fingerprint density at radius 3 is 2.40 bits per heavy atom. The lowest BCUT2D eigenvalue weighted by atomic mass is 9.87. The van der Waals surface area contributed by atoms with Gasteiger partial charge >= 0.3 is 5.97 Å². The summed E-state index contributed by atoms with van der Waals surface area (Å²) >= 11 is 0. The summed E-state index contributed by atoms with van der Waals surface area (Å²) in [6, 6.07) is 6.64. The fraction of sp³-hybridized carbons (Fsp3) is 0.391. The van der Waals surface area contributed by atoms with Crippen molar-refractivity contribution in [2.45, 2.75) is 47.1 Å². The highest BCUT2D eigenvalue weighted by molar-refractivity contribution is 5.99. The maximum atomic E-state index is 13.5. The van der Waals surface area contributed by atoms with E-state index >= 15 is 0 Å². The van der Waals surface area contributed by atoms with Crippen LogP contribution in [0.2, 0.25) is 0 Å². The monoisotopic (exact) mass is 418 g/mol. The van der Waals surface area contributed by atoms with Crippen LogP contribution in [0, 0.1) is 18.2 Å². The van der Waals surface area contributed by atoms with E-state index in [-0.39, 0.29) is 34.9 Å². The van der Waals surface area contributed by atoms with Crippen LogP contribution >= 0.6 is 0 Å². The summed E-state index contributed by atoms with van der Waals surface area (Å²) in [6.07, 6.45) is -0.155. The van der Waals surface area contributed by atoms with Crippen molar-refractivity contribution in [2.75, 3.05) is 6.61 Å². The molecule has 0 bridgehead atoms. The van der Waals surface area contributed by atoms with Crippen molar-refractivity contribution in [2.24, 2.45) is 5.41 Å². The normalized spacial score (nSPS) is 12.3. The van der Waals surface area contributed by atoms with Gasteiger partial charge in [0, 0.05) is 12.0 Å². The number of halogens is 1. The number of ketones is 1. The summed E-state index contributed by atoms with van der Waals surface area (Å²) in [5.41, 5.74) is 0.0272. The second-order valence-corrected chi connectivity index (χ2v) is 8.43. The molecule has 0 saturated heterocycles. The van der Waals surface area contributed by atoms with Crippen LogP contribution in [0.5, 0.6) is 17.2 Å². The second-order valence-electron chi connectivity index (χ2n) is 8.43. The van der Waals surface area contributed by atoms with Crippen LogP contribution < -0.4 is 9.47 Å². The first-order chi connectivity index (χ1) is 13.9. The number of benzene rings is 2. The number of ether oxygens (including phenoxy) is 2.